The first-order valence-electron chi connectivity index (χ1n) is 6.63. The van der Waals surface area contributed by atoms with Crippen LogP contribution in [0.2, 0.25) is 0 Å². The van der Waals surface area contributed by atoms with Crippen molar-refractivity contribution in [3.05, 3.63) is 23.4 Å². The van der Waals surface area contributed by atoms with E-state index in [0.717, 1.165) is 18.7 Å². The molecule has 0 fully saturated rings. The van der Waals surface area contributed by atoms with Gasteiger partial charge in [-0.05, 0) is 25.5 Å². The van der Waals surface area contributed by atoms with E-state index in [2.05, 4.69) is 20.9 Å². The molecule has 110 valence electrons. The maximum absolute atomic E-state index is 12.0. The van der Waals surface area contributed by atoms with Crippen LogP contribution in [-0.2, 0) is 6.42 Å². The van der Waals surface area contributed by atoms with Gasteiger partial charge in [0.1, 0.15) is 5.82 Å². The number of anilines is 1. The Labute approximate surface area is 118 Å². The van der Waals surface area contributed by atoms with Gasteiger partial charge in [0.15, 0.2) is 0 Å². The van der Waals surface area contributed by atoms with Gasteiger partial charge >= 0.3 is 6.03 Å². The molecule has 0 aliphatic heterocycles. The smallest absolute Gasteiger partial charge is 0.312 e. The number of hydrogen-bond acceptors (Lipinski definition) is 4. The second-order valence-corrected chi connectivity index (χ2v) is 4.16. The average Bonchev–Trinajstić information content (AvgIpc) is 2.43. The molecule has 7 heteroatoms. The summed E-state index contributed by atoms with van der Waals surface area (Å²) in [6.45, 7) is 5.31. The van der Waals surface area contributed by atoms with E-state index in [-0.39, 0.29) is 5.91 Å². The number of rotatable bonds is 7. The number of amides is 3. The van der Waals surface area contributed by atoms with E-state index < -0.39 is 6.03 Å². The van der Waals surface area contributed by atoms with Crippen molar-refractivity contribution in [2.24, 2.45) is 5.73 Å². The molecule has 0 saturated heterocycles. The zero-order chi connectivity index (χ0) is 15.0. The molecule has 3 amide bonds. The number of nitrogens with zero attached hydrogens (tertiary/aromatic N) is 1. The highest BCUT2D eigenvalue weighted by atomic mass is 16.2. The molecule has 5 N–H and O–H groups in total. The third-order valence-corrected chi connectivity index (χ3v) is 2.57. The van der Waals surface area contributed by atoms with Gasteiger partial charge < -0.3 is 21.7 Å². The van der Waals surface area contributed by atoms with E-state index in [4.69, 9.17) is 5.73 Å². The molecule has 7 nitrogen and oxygen atoms in total. The summed E-state index contributed by atoms with van der Waals surface area (Å²) >= 11 is 0. The van der Waals surface area contributed by atoms with Gasteiger partial charge in [-0.15, -0.1) is 0 Å². The van der Waals surface area contributed by atoms with Crippen LogP contribution in [0.5, 0.6) is 0 Å². The van der Waals surface area contributed by atoms with Gasteiger partial charge in [-0.3, -0.25) is 4.79 Å². The molecule has 0 atom stereocenters. The molecule has 20 heavy (non-hydrogen) atoms. The second-order valence-electron chi connectivity index (χ2n) is 4.16. The molecule has 0 unspecified atom stereocenters. The van der Waals surface area contributed by atoms with Crippen LogP contribution in [0.25, 0.3) is 0 Å². The summed E-state index contributed by atoms with van der Waals surface area (Å²) in [5.74, 6) is 0.486. The Bertz CT molecular complexity index is 476. The van der Waals surface area contributed by atoms with Crippen molar-refractivity contribution < 1.29 is 9.59 Å². The number of hydrogen-bond donors (Lipinski definition) is 4. The molecule has 0 radical (unpaired) electrons. The zero-order valence-electron chi connectivity index (χ0n) is 11.8. The first kappa shape index (κ1) is 15.7. The molecule has 1 aromatic rings. The molecular weight excluding hydrogens is 258 g/mol. The lowest BCUT2D eigenvalue weighted by Crippen LogP contribution is -2.37. The first-order valence-corrected chi connectivity index (χ1v) is 6.63. The van der Waals surface area contributed by atoms with Crippen LogP contribution in [0, 0.1) is 0 Å². The van der Waals surface area contributed by atoms with Gasteiger partial charge in [0, 0.05) is 30.9 Å². The number of nitrogens with two attached hydrogens (primary N) is 1. The van der Waals surface area contributed by atoms with Crippen molar-refractivity contribution in [3.8, 4) is 0 Å². The number of carbonyl (C=O) groups excluding carboxylic acids is 2. The van der Waals surface area contributed by atoms with Gasteiger partial charge in [0.05, 0.1) is 0 Å². The summed E-state index contributed by atoms with van der Waals surface area (Å²) in [5, 5.41) is 8.21. The SMILES string of the molecule is CCNc1cc(C(=O)NCCNC(N)=O)cc(CC)n1. The molecule has 0 aromatic carbocycles. The number of nitrogens with one attached hydrogen (secondary N) is 3. The van der Waals surface area contributed by atoms with Gasteiger partial charge in [0.25, 0.3) is 5.91 Å². The molecule has 1 aromatic heterocycles. The zero-order valence-corrected chi connectivity index (χ0v) is 11.8. The normalized spacial score (nSPS) is 9.90. The molecular formula is C13H21N5O2. The predicted octanol–water partition coefficient (Wildman–Crippen LogP) is 0.474. The van der Waals surface area contributed by atoms with Gasteiger partial charge in [0.2, 0.25) is 0 Å². The molecule has 1 heterocycles. The minimum atomic E-state index is -0.606. The summed E-state index contributed by atoms with van der Waals surface area (Å²) in [6.07, 6.45) is 0.753. The fourth-order valence-electron chi connectivity index (χ4n) is 1.64. The first-order chi connectivity index (χ1) is 9.56. The van der Waals surface area contributed by atoms with Crippen molar-refractivity contribution in [1.29, 1.82) is 0 Å². The van der Waals surface area contributed by atoms with E-state index in [1.165, 1.54) is 0 Å². The van der Waals surface area contributed by atoms with E-state index in [1.54, 1.807) is 12.1 Å². The predicted molar refractivity (Wildman–Crippen MR) is 77.7 cm³/mol. The van der Waals surface area contributed by atoms with E-state index in [1.807, 2.05) is 13.8 Å². The lowest BCUT2D eigenvalue weighted by atomic mass is 10.2. The van der Waals surface area contributed by atoms with Crippen LogP contribution in [0.1, 0.15) is 29.9 Å². The Morgan fingerprint density at radius 1 is 1.20 bits per heavy atom. The van der Waals surface area contributed by atoms with Crippen molar-refractivity contribution >= 4 is 17.8 Å². The minimum Gasteiger partial charge on any atom is -0.370 e. The number of aryl methyl sites for hydroxylation is 1. The Morgan fingerprint density at radius 3 is 2.50 bits per heavy atom. The number of urea groups is 1. The van der Waals surface area contributed by atoms with E-state index in [9.17, 15) is 9.59 Å². The van der Waals surface area contributed by atoms with Crippen molar-refractivity contribution in [3.63, 3.8) is 0 Å². The maximum Gasteiger partial charge on any atom is 0.312 e. The molecule has 1 rings (SSSR count). The van der Waals surface area contributed by atoms with Crippen LogP contribution >= 0.6 is 0 Å². The van der Waals surface area contributed by atoms with Crippen molar-refractivity contribution in [1.82, 2.24) is 15.6 Å². The summed E-state index contributed by atoms with van der Waals surface area (Å²) in [5.41, 5.74) is 6.33. The van der Waals surface area contributed by atoms with Crippen molar-refractivity contribution in [2.45, 2.75) is 20.3 Å². The lowest BCUT2D eigenvalue weighted by molar-refractivity contribution is 0.0953. The number of primary amides is 1. The molecule has 0 saturated carbocycles. The van der Waals surface area contributed by atoms with Crippen LogP contribution < -0.4 is 21.7 Å². The van der Waals surface area contributed by atoms with Gasteiger partial charge in [-0.2, -0.15) is 0 Å². The third-order valence-electron chi connectivity index (χ3n) is 2.57. The fourth-order valence-corrected chi connectivity index (χ4v) is 1.64. The second kappa shape index (κ2) is 7.98. The van der Waals surface area contributed by atoms with Crippen LogP contribution in [0.4, 0.5) is 10.6 Å². The Balaban J connectivity index is 2.66. The molecule has 0 bridgehead atoms. The molecule has 0 spiro atoms. The van der Waals surface area contributed by atoms with Crippen molar-refractivity contribution in [2.75, 3.05) is 25.0 Å². The average molecular weight is 279 g/mol. The Morgan fingerprint density at radius 2 is 1.90 bits per heavy atom. The number of aromatic nitrogens is 1. The Kier molecular flexibility index (Phi) is 6.28. The quantitative estimate of drug-likeness (QED) is 0.544. The van der Waals surface area contributed by atoms with E-state index in [0.29, 0.717) is 24.5 Å². The standard InChI is InChI=1S/C13H21N5O2/c1-3-10-7-9(8-11(18-10)15-4-2)12(19)16-5-6-17-13(14)20/h7-8H,3-6H2,1-2H3,(H,15,18)(H,16,19)(H3,14,17,20). The third kappa shape index (κ3) is 5.13. The van der Waals surface area contributed by atoms with Gasteiger partial charge in [-0.1, -0.05) is 6.92 Å². The largest absolute Gasteiger partial charge is 0.370 e. The summed E-state index contributed by atoms with van der Waals surface area (Å²) in [4.78, 5) is 26.9. The summed E-state index contributed by atoms with van der Waals surface area (Å²) in [6, 6.07) is 2.86. The topological polar surface area (TPSA) is 109 Å². The minimum absolute atomic E-state index is 0.201. The highest BCUT2D eigenvalue weighted by molar-refractivity contribution is 5.95. The number of carbonyl (C=O) groups is 2. The van der Waals surface area contributed by atoms with Gasteiger partial charge in [-0.25, -0.2) is 9.78 Å². The summed E-state index contributed by atoms with van der Waals surface area (Å²) < 4.78 is 0. The van der Waals surface area contributed by atoms with Crippen LogP contribution in [0.15, 0.2) is 12.1 Å². The maximum atomic E-state index is 12.0. The highest BCUT2D eigenvalue weighted by Crippen LogP contribution is 2.11. The molecule has 0 aliphatic rings. The highest BCUT2D eigenvalue weighted by Gasteiger charge is 2.08. The fraction of sp³-hybridized carbons (Fsp3) is 0.462. The summed E-state index contributed by atoms with van der Waals surface area (Å²) in [7, 11) is 0. The van der Waals surface area contributed by atoms with Crippen LogP contribution in [0.3, 0.4) is 0 Å². The monoisotopic (exact) mass is 279 g/mol. The lowest BCUT2D eigenvalue weighted by Gasteiger charge is -2.09. The van der Waals surface area contributed by atoms with Crippen LogP contribution in [-0.4, -0.2) is 36.6 Å². The molecule has 0 aliphatic carbocycles. The number of pyridine rings is 1. The Hall–Kier alpha value is -2.31. The van der Waals surface area contributed by atoms with E-state index >= 15 is 0 Å².